The van der Waals surface area contributed by atoms with Crippen LogP contribution in [0.5, 0.6) is 0 Å². The molecule has 1 atom stereocenters. The Balaban J connectivity index is 0.000000293. The van der Waals surface area contributed by atoms with Crippen molar-refractivity contribution in [2.24, 2.45) is 0 Å². The van der Waals surface area contributed by atoms with Crippen LogP contribution >= 0.6 is 0 Å². The lowest BCUT2D eigenvalue weighted by Crippen LogP contribution is -2.48. The maximum absolute atomic E-state index is 11.6. The zero-order valence-electron chi connectivity index (χ0n) is 21.1. The van der Waals surface area contributed by atoms with Gasteiger partial charge in [-0.3, -0.25) is 0 Å². The number of nitrogens with one attached hydrogen (secondary N) is 3. The molecule has 4 N–H and O–H groups in total. The number of carbonyl (C=O) groups is 3. The topological polar surface area (TPSA) is 126 Å². The van der Waals surface area contributed by atoms with Gasteiger partial charge >= 0.3 is 18.2 Å². The van der Waals surface area contributed by atoms with Crippen LogP contribution in [0.15, 0.2) is 43.0 Å². The van der Waals surface area contributed by atoms with E-state index in [1.165, 1.54) is 70.3 Å². The van der Waals surface area contributed by atoms with Crippen LogP contribution in [0.3, 0.4) is 0 Å². The number of carboxylic acid groups (broad SMARTS) is 1. The van der Waals surface area contributed by atoms with Gasteiger partial charge in [-0.15, -0.1) is 0 Å². The van der Waals surface area contributed by atoms with Gasteiger partial charge in [-0.2, -0.15) is 0 Å². The lowest BCUT2D eigenvalue weighted by Gasteiger charge is -2.30. The van der Waals surface area contributed by atoms with Crippen LogP contribution in [0.2, 0.25) is 0 Å². The molecule has 1 aromatic carbocycles. The van der Waals surface area contributed by atoms with Crippen molar-refractivity contribution in [1.82, 2.24) is 16.0 Å². The van der Waals surface area contributed by atoms with Crippen molar-refractivity contribution in [3.8, 4) is 0 Å². The number of hydrogen-bond acceptors (Lipinski definition) is 6. The third-order valence-corrected chi connectivity index (χ3v) is 6.27. The molecule has 2 fully saturated rings. The molecule has 9 heteroatoms. The van der Waals surface area contributed by atoms with Crippen LogP contribution in [0.1, 0.15) is 69.8 Å². The van der Waals surface area contributed by atoms with Crippen molar-refractivity contribution in [3.05, 3.63) is 48.6 Å². The number of ether oxygens (including phenoxy) is 2. The van der Waals surface area contributed by atoms with Gasteiger partial charge < -0.3 is 30.5 Å². The Morgan fingerprint density at radius 2 is 1.50 bits per heavy atom. The van der Waals surface area contributed by atoms with Crippen molar-refractivity contribution < 1.29 is 29.0 Å². The van der Waals surface area contributed by atoms with Crippen LogP contribution < -0.4 is 16.0 Å². The minimum absolute atomic E-state index is 0.00385. The van der Waals surface area contributed by atoms with Crippen molar-refractivity contribution in [3.63, 3.8) is 0 Å². The number of rotatable bonds is 10. The largest absolute Gasteiger partial charge is 0.480 e. The van der Waals surface area contributed by atoms with E-state index in [4.69, 9.17) is 9.84 Å². The second-order valence-electron chi connectivity index (χ2n) is 9.20. The van der Waals surface area contributed by atoms with E-state index in [0.29, 0.717) is 0 Å². The number of hydrogen-bond donors (Lipinski definition) is 4. The Hall–Kier alpha value is -3.07. The Bertz CT molecular complexity index is 776. The molecular weight excluding hydrogens is 462 g/mol. The Morgan fingerprint density at radius 1 is 0.917 bits per heavy atom. The number of aliphatic carboxylic acids is 1. The summed E-state index contributed by atoms with van der Waals surface area (Å²) >= 11 is 0. The number of carbonyl (C=O) groups excluding carboxylic acids is 2. The second kappa shape index (κ2) is 17.4. The molecular formula is C27H41N3O6. The highest BCUT2D eigenvalue weighted by molar-refractivity contribution is 5.80. The van der Waals surface area contributed by atoms with Crippen molar-refractivity contribution in [2.45, 2.75) is 88.9 Å². The minimum Gasteiger partial charge on any atom is -0.480 e. The predicted molar refractivity (Wildman–Crippen MR) is 138 cm³/mol. The van der Waals surface area contributed by atoms with Gasteiger partial charge in [0, 0.05) is 12.1 Å². The molecule has 0 saturated heterocycles. The quantitative estimate of drug-likeness (QED) is 0.346. The molecule has 9 nitrogen and oxygen atoms in total. The van der Waals surface area contributed by atoms with Crippen LogP contribution in [0.25, 0.3) is 0 Å². The summed E-state index contributed by atoms with van der Waals surface area (Å²) in [4.78, 5) is 33.9. The molecule has 2 saturated carbocycles. The molecule has 0 aromatic heterocycles. The molecule has 3 rings (SSSR count). The summed E-state index contributed by atoms with van der Waals surface area (Å²) in [6, 6.07) is 9.33. The van der Waals surface area contributed by atoms with E-state index in [1.54, 1.807) is 24.3 Å². The number of carboxylic acids is 1. The molecule has 200 valence electrons. The van der Waals surface area contributed by atoms with E-state index < -0.39 is 24.2 Å². The summed E-state index contributed by atoms with van der Waals surface area (Å²) < 4.78 is 9.54. The lowest BCUT2D eigenvalue weighted by atomic mass is 9.91. The fourth-order valence-electron chi connectivity index (χ4n) is 4.35. The fraction of sp³-hybridized carbons (Fsp3) is 0.593. The zero-order chi connectivity index (χ0) is 26.0. The van der Waals surface area contributed by atoms with E-state index in [9.17, 15) is 14.4 Å². The van der Waals surface area contributed by atoms with Gasteiger partial charge in [0.1, 0.15) is 19.3 Å². The molecule has 0 heterocycles. The zero-order valence-corrected chi connectivity index (χ0v) is 21.1. The number of benzene rings is 1. The monoisotopic (exact) mass is 503 g/mol. The SMILES string of the molecule is C1CCC(NC2CCCCC2)CC1.C=CCOC(=O)NCC(NC(=O)OCc1ccccc1)C(=O)O. The third kappa shape index (κ3) is 12.6. The molecule has 0 bridgehead atoms. The fourth-order valence-corrected chi connectivity index (χ4v) is 4.35. The molecule has 2 aliphatic carbocycles. The van der Waals surface area contributed by atoms with Crippen LogP contribution in [-0.2, 0) is 20.9 Å². The molecule has 2 aliphatic rings. The lowest BCUT2D eigenvalue weighted by molar-refractivity contribution is -0.139. The molecule has 0 spiro atoms. The second-order valence-corrected chi connectivity index (χ2v) is 9.20. The average Bonchev–Trinajstić information content (AvgIpc) is 2.90. The van der Waals surface area contributed by atoms with Crippen LogP contribution in [-0.4, -0.2) is 54.5 Å². The predicted octanol–water partition coefficient (Wildman–Crippen LogP) is 4.52. The van der Waals surface area contributed by atoms with E-state index >= 15 is 0 Å². The first-order chi connectivity index (χ1) is 17.5. The Kier molecular flexibility index (Phi) is 14.1. The smallest absolute Gasteiger partial charge is 0.408 e. The van der Waals surface area contributed by atoms with Crippen LogP contribution in [0.4, 0.5) is 9.59 Å². The molecule has 36 heavy (non-hydrogen) atoms. The summed E-state index contributed by atoms with van der Waals surface area (Å²) in [6.07, 6.45) is 14.2. The molecule has 0 aliphatic heterocycles. The van der Waals surface area contributed by atoms with E-state index in [-0.39, 0.29) is 19.8 Å². The van der Waals surface area contributed by atoms with Gasteiger partial charge in [-0.05, 0) is 31.2 Å². The van der Waals surface area contributed by atoms with Gasteiger partial charge in [0.25, 0.3) is 0 Å². The van der Waals surface area contributed by atoms with Crippen molar-refractivity contribution in [2.75, 3.05) is 13.2 Å². The maximum atomic E-state index is 11.6. The third-order valence-electron chi connectivity index (χ3n) is 6.27. The normalized spacial score (nSPS) is 17.0. The maximum Gasteiger partial charge on any atom is 0.408 e. The molecule has 1 unspecified atom stereocenters. The van der Waals surface area contributed by atoms with Crippen molar-refractivity contribution in [1.29, 1.82) is 0 Å². The highest BCUT2D eigenvalue weighted by atomic mass is 16.6. The van der Waals surface area contributed by atoms with E-state index in [1.807, 2.05) is 6.07 Å². The van der Waals surface area contributed by atoms with Crippen molar-refractivity contribution >= 4 is 18.2 Å². The minimum atomic E-state index is -1.34. The Labute approximate surface area is 214 Å². The molecule has 2 amide bonds. The summed E-state index contributed by atoms with van der Waals surface area (Å²) in [5.74, 6) is -1.31. The highest BCUT2D eigenvalue weighted by Gasteiger charge is 2.22. The van der Waals surface area contributed by atoms with E-state index in [2.05, 4.69) is 27.3 Å². The first kappa shape index (κ1) is 29.2. The summed E-state index contributed by atoms with van der Waals surface area (Å²) in [7, 11) is 0. The summed E-state index contributed by atoms with van der Waals surface area (Å²) in [6.45, 7) is 3.03. The van der Waals surface area contributed by atoms with Gasteiger partial charge in [-0.1, -0.05) is 81.5 Å². The molecule has 0 radical (unpaired) electrons. The first-order valence-electron chi connectivity index (χ1n) is 13.0. The summed E-state index contributed by atoms with van der Waals surface area (Å²) in [5, 5.41) is 17.2. The molecule has 1 aromatic rings. The number of alkyl carbamates (subject to hydrolysis) is 2. The summed E-state index contributed by atoms with van der Waals surface area (Å²) in [5.41, 5.74) is 0.764. The van der Waals surface area contributed by atoms with Gasteiger partial charge in [0.15, 0.2) is 0 Å². The van der Waals surface area contributed by atoms with E-state index in [0.717, 1.165) is 17.6 Å². The van der Waals surface area contributed by atoms with Gasteiger partial charge in [0.2, 0.25) is 0 Å². The Morgan fingerprint density at radius 3 is 2.03 bits per heavy atom. The average molecular weight is 504 g/mol. The van der Waals surface area contributed by atoms with Gasteiger partial charge in [0.05, 0.1) is 6.54 Å². The van der Waals surface area contributed by atoms with Crippen LogP contribution in [0, 0.1) is 0 Å². The van der Waals surface area contributed by atoms with Gasteiger partial charge in [-0.25, -0.2) is 14.4 Å². The standard InChI is InChI=1S/C15H18N2O6.C12H23N/c1-2-8-22-14(20)16-9-12(13(18)19)17-15(21)23-10-11-6-4-3-5-7-11;1-3-7-11(8-4-1)13-12-9-5-2-6-10-12/h2-7,12H,1,8-10H2,(H,16,20)(H,17,21)(H,18,19);11-13H,1-10H2. The first-order valence-corrected chi connectivity index (χ1v) is 13.0. The number of amides is 2. The highest BCUT2D eigenvalue weighted by Crippen LogP contribution is 2.22.